The zero-order valence-electron chi connectivity index (χ0n) is 14.2. The van der Waals surface area contributed by atoms with Crippen molar-refractivity contribution in [3.05, 3.63) is 11.2 Å². The summed E-state index contributed by atoms with van der Waals surface area (Å²) in [4.78, 5) is 25.5. The Hall–Kier alpha value is -1.01. The molecule has 2 aliphatic rings. The van der Waals surface area contributed by atoms with E-state index in [0.717, 1.165) is 50.8 Å². The van der Waals surface area contributed by atoms with Gasteiger partial charge in [0.1, 0.15) is 11.0 Å². The van der Waals surface area contributed by atoms with E-state index in [1.165, 1.54) is 31.0 Å². The molecule has 7 heteroatoms. The molecule has 0 radical (unpaired) electrons. The van der Waals surface area contributed by atoms with Crippen molar-refractivity contribution in [3.63, 3.8) is 0 Å². The maximum absolute atomic E-state index is 12.4. The van der Waals surface area contributed by atoms with E-state index in [9.17, 15) is 4.79 Å². The van der Waals surface area contributed by atoms with Crippen molar-refractivity contribution in [2.45, 2.75) is 44.2 Å². The van der Waals surface area contributed by atoms with Crippen molar-refractivity contribution in [2.24, 2.45) is 5.92 Å². The van der Waals surface area contributed by atoms with E-state index in [1.807, 2.05) is 11.0 Å². The Morgan fingerprint density at radius 1 is 1.21 bits per heavy atom. The summed E-state index contributed by atoms with van der Waals surface area (Å²) < 4.78 is 0. The Bertz CT molecular complexity index is 572. The largest absolute Gasteiger partial charge is 0.356 e. The van der Waals surface area contributed by atoms with Gasteiger partial charge in [0.15, 0.2) is 5.16 Å². The summed E-state index contributed by atoms with van der Waals surface area (Å²) in [7, 11) is 0. The van der Waals surface area contributed by atoms with Crippen LogP contribution in [-0.4, -0.2) is 52.7 Å². The summed E-state index contributed by atoms with van der Waals surface area (Å²) >= 11 is 7.55. The molecule has 3 heterocycles. The molecule has 2 fully saturated rings. The van der Waals surface area contributed by atoms with Gasteiger partial charge in [0.25, 0.3) is 0 Å². The molecule has 0 aromatic carbocycles. The molecule has 0 bridgehead atoms. The molecule has 0 saturated carbocycles. The molecule has 2 aliphatic heterocycles. The molecule has 2 saturated heterocycles. The third kappa shape index (κ3) is 4.76. The van der Waals surface area contributed by atoms with Crippen LogP contribution in [-0.2, 0) is 4.79 Å². The average Bonchev–Trinajstić information content (AvgIpc) is 2.60. The van der Waals surface area contributed by atoms with E-state index in [0.29, 0.717) is 16.1 Å². The first-order valence-corrected chi connectivity index (χ1v) is 10.2. The number of nitrogens with zero attached hydrogens (tertiary/aromatic N) is 4. The lowest BCUT2D eigenvalue weighted by molar-refractivity contribution is -0.129. The molecule has 5 nitrogen and oxygen atoms in total. The van der Waals surface area contributed by atoms with Crippen LogP contribution in [0.25, 0.3) is 0 Å². The quantitative estimate of drug-likeness (QED) is 0.462. The Kier molecular flexibility index (Phi) is 6.22. The van der Waals surface area contributed by atoms with Gasteiger partial charge in [-0.1, -0.05) is 30.3 Å². The van der Waals surface area contributed by atoms with Crippen LogP contribution in [0.15, 0.2) is 11.2 Å². The predicted molar refractivity (Wildman–Crippen MR) is 98.8 cm³/mol. The number of hydrogen-bond donors (Lipinski definition) is 0. The average molecular weight is 369 g/mol. The molecule has 0 spiro atoms. The SMILES string of the molecule is CC1CCN(C(=O)CSc2nc(Cl)cc(N3CCCCC3)n2)CC1. The summed E-state index contributed by atoms with van der Waals surface area (Å²) in [6.07, 6.45) is 5.86. The number of anilines is 1. The second-order valence-electron chi connectivity index (χ2n) is 6.73. The molecular weight excluding hydrogens is 344 g/mol. The minimum atomic E-state index is 0.176. The number of halogens is 1. The second-order valence-corrected chi connectivity index (χ2v) is 8.06. The number of carbonyl (C=O) groups excluding carboxylic acids is 1. The van der Waals surface area contributed by atoms with Crippen molar-refractivity contribution in [1.29, 1.82) is 0 Å². The lowest BCUT2D eigenvalue weighted by Gasteiger charge is -2.30. The number of hydrogen-bond acceptors (Lipinski definition) is 5. The van der Waals surface area contributed by atoms with Crippen LogP contribution in [0.1, 0.15) is 39.0 Å². The van der Waals surface area contributed by atoms with Crippen LogP contribution in [0.5, 0.6) is 0 Å². The van der Waals surface area contributed by atoms with E-state index in [2.05, 4.69) is 21.8 Å². The molecular formula is C17H25ClN4OS. The minimum Gasteiger partial charge on any atom is -0.356 e. The van der Waals surface area contributed by atoms with Gasteiger partial charge in [0, 0.05) is 32.2 Å². The molecule has 0 aliphatic carbocycles. The Morgan fingerprint density at radius 3 is 2.62 bits per heavy atom. The number of likely N-dealkylation sites (tertiary alicyclic amines) is 1. The summed E-state index contributed by atoms with van der Waals surface area (Å²) in [6, 6.07) is 1.82. The molecule has 1 aromatic rings. The van der Waals surface area contributed by atoms with Crippen LogP contribution in [0.2, 0.25) is 5.15 Å². The van der Waals surface area contributed by atoms with Crippen LogP contribution in [0.4, 0.5) is 5.82 Å². The maximum atomic E-state index is 12.4. The van der Waals surface area contributed by atoms with Gasteiger partial charge in [0.05, 0.1) is 5.75 Å². The monoisotopic (exact) mass is 368 g/mol. The van der Waals surface area contributed by atoms with Crippen molar-refractivity contribution in [2.75, 3.05) is 36.8 Å². The van der Waals surface area contributed by atoms with E-state index < -0.39 is 0 Å². The first kappa shape index (κ1) is 17.8. The highest BCUT2D eigenvalue weighted by Crippen LogP contribution is 2.25. The lowest BCUT2D eigenvalue weighted by Crippen LogP contribution is -2.38. The Labute approximate surface area is 153 Å². The Morgan fingerprint density at radius 2 is 1.92 bits per heavy atom. The number of rotatable bonds is 4. The van der Waals surface area contributed by atoms with Crippen LogP contribution >= 0.6 is 23.4 Å². The zero-order valence-corrected chi connectivity index (χ0v) is 15.8. The van der Waals surface area contributed by atoms with E-state index in [1.54, 1.807) is 0 Å². The first-order chi connectivity index (χ1) is 11.6. The standard InChI is InChI=1S/C17H25ClN4OS/c1-13-5-9-22(10-6-13)16(23)12-24-17-19-14(18)11-15(20-17)21-7-3-2-4-8-21/h11,13H,2-10,12H2,1H3. The van der Waals surface area contributed by atoms with Gasteiger partial charge in [-0.2, -0.15) is 0 Å². The molecule has 1 aromatic heterocycles. The number of thioether (sulfide) groups is 1. The fraction of sp³-hybridized carbons (Fsp3) is 0.706. The van der Waals surface area contributed by atoms with Gasteiger partial charge in [-0.25, -0.2) is 9.97 Å². The third-order valence-electron chi connectivity index (χ3n) is 4.80. The van der Waals surface area contributed by atoms with Gasteiger partial charge in [-0.3, -0.25) is 4.79 Å². The topological polar surface area (TPSA) is 49.3 Å². The van der Waals surface area contributed by atoms with Gasteiger partial charge in [0.2, 0.25) is 5.91 Å². The minimum absolute atomic E-state index is 0.176. The van der Waals surface area contributed by atoms with Crippen molar-refractivity contribution in [1.82, 2.24) is 14.9 Å². The normalized spacial score (nSPS) is 19.6. The summed E-state index contributed by atoms with van der Waals surface area (Å²) in [5.74, 6) is 2.17. The maximum Gasteiger partial charge on any atom is 0.233 e. The van der Waals surface area contributed by atoms with Gasteiger partial charge in [-0.05, 0) is 38.0 Å². The van der Waals surface area contributed by atoms with Crippen molar-refractivity contribution in [3.8, 4) is 0 Å². The number of amides is 1. The lowest BCUT2D eigenvalue weighted by atomic mass is 9.99. The molecule has 1 amide bonds. The highest BCUT2D eigenvalue weighted by molar-refractivity contribution is 7.99. The number of aromatic nitrogens is 2. The fourth-order valence-electron chi connectivity index (χ4n) is 3.21. The highest BCUT2D eigenvalue weighted by Gasteiger charge is 2.21. The Balaban J connectivity index is 1.58. The molecule has 3 rings (SSSR count). The van der Waals surface area contributed by atoms with Crippen LogP contribution < -0.4 is 4.90 Å². The van der Waals surface area contributed by atoms with E-state index >= 15 is 0 Å². The summed E-state index contributed by atoms with van der Waals surface area (Å²) in [6.45, 7) is 6.02. The zero-order chi connectivity index (χ0) is 16.9. The molecule has 0 unspecified atom stereocenters. The van der Waals surface area contributed by atoms with Gasteiger partial charge in [-0.15, -0.1) is 0 Å². The second kappa shape index (κ2) is 8.39. The van der Waals surface area contributed by atoms with Crippen molar-refractivity contribution < 1.29 is 4.79 Å². The number of carbonyl (C=O) groups is 1. The van der Waals surface area contributed by atoms with Crippen molar-refractivity contribution >= 4 is 35.1 Å². The van der Waals surface area contributed by atoms with Gasteiger partial charge >= 0.3 is 0 Å². The molecule has 0 N–H and O–H groups in total. The first-order valence-electron chi connectivity index (χ1n) is 8.82. The number of piperidine rings is 2. The third-order valence-corrected chi connectivity index (χ3v) is 5.83. The van der Waals surface area contributed by atoms with E-state index in [-0.39, 0.29) is 5.91 Å². The fourth-order valence-corrected chi connectivity index (χ4v) is 4.19. The molecule has 132 valence electrons. The van der Waals surface area contributed by atoms with E-state index in [4.69, 9.17) is 11.6 Å². The van der Waals surface area contributed by atoms with Crippen LogP contribution in [0.3, 0.4) is 0 Å². The molecule has 0 atom stereocenters. The predicted octanol–water partition coefficient (Wildman–Crippen LogP) is 3.47. The van der Waals surface area contributed by atoms with Gasteiger partial charge < -0.3 is 9.80 Å². The van der Waals surface area contributed by atoms with Crippen LogP contribution in [0, 0.1) is 5.92 Å². The molecule has 24 heavy (non-hydrogen) atoms. The smallest absolute Gasteiger partial charge is 0.233 e. The highest BCUT2D eigenvalue weighted by atomic mass is 35.5. The summed E-state index contributed by atoms with van der Waals surface area (Å²) in [5.41, 5.74) is 0. The summed E-state index contributed by atoms with van der Waals surface area (Å²) in [5, 5.41) is 1.05.